The van der Waals surface area contributed by atoms with Crippen molar-refractivity contribution >= 4 is 0 Å². The van der Waals surface area contributed by atoms with Gasteiger partial charge in [0, 0.05) is 15.7 Å². The van der Waals surface area contributed by atoms with E-state index in [-0.39, 0.29) is 0 Å². The minimum atomic E-state index is 0.445. The molecule has 0 aliphatic carbocycles. The minimum absolute atomic E-state index is 0.445. The largest absolute Gasteiger partial charge is 0.221 e. The second-order valence-corrected chi connectivity index (χ2v) is 1.75. The number of hydrogen-bond acceptors (Lipinski definition) is 1. The van der Waals surface area contributed by atoms with Crippen molar-refractivity contribution in [3.8, 4) is 0 Å². The van der Waals surface area contributed by atoms with Crippen molar-refractivity contribution in [1.29, 1.82) is 0 Å². The first-order valence-corrected chi connectivity index (χ1v) is 2.83. The van der Waals surface area contributed by atoms with E-state index in [0.29, 0.717) is 6.54 Å². The maximum atomic E-state index is 10.6. The van der Waals surface area contributed by atoms with Crippen LogP contribution in [0.3, 0.4) is 0 Å². The molecule has 0 saturated heterocycles. The van der Waals surface area contributed by atoms with E-state index in [4.69, 9.17) is 0 Å². The zero-order chi connectivity index (χ0) is 6.53. The molecule has 0 N–H and O–H groups in total. The monoisotopic (exact) mass is 122 g/mol. The van der Waals surface area contributed by atoms with Crippen molar-refractivity contribution < 1.29 is 4.76 Å². The predicted molar refractivity (Wildman–Crippen MR) is 35.9 cm³/mol. The first kappa shape index (κ1) is 5.95. The molecule has 0 spiro atoms. The van der Waals surface area contributed by atoms with Gasteiger partial charge in [-0.1, -0.05) is 18.2 Å². The van der Waals surface area contributed by atoms with Crippen molar-refractivity contribution in [1.82, 2.24) is 0 Å². The van der Waals surface area contributed by atoms with E-state index in [2.05, 4.69) is 0 Å². The van der Waals surface area contributed by atoms with Crippen molar-refractivity contribution in [2.24, 2.45) is 0 Å². The molecular weight excluding hydrogens is 114 g/mol. The van der Waals surface area contributed by atoms with Crippen LogP contribution in [0.15, 0.2) is 36.6 Å². The lowest BCUT2D eigenvalue weighted by Crippen LogP contribution is -1.97. The summed E-state index contributed by atoms with van der Waals surface area (Å²) in [6.07, 6.45) is 10.6. The Labute approximate surface area is 53.8 Å². The molecule has 0 amide bonds. The molecule has 1 rings (SSSR count). The lowest BCUT2D eigenvalue weighted by Gasteiger charge is -1.80. The van der Waals surface area contributed by atoms with E-state index >= 15 is 0 Å². The normalized spacial score (nSPS) is 28.2. The topological polar surface area (TPSA) is 20.1 Å². The van der Waals surface area contributed by atoms with Gasteiger partial charge in [0.15, 0.2) is 0 Å². The van der Waals surface area contributed by atoms with Gasteiger partial charge in [0.1, 0.15) is 0 Å². The van der Waals surface area contributed by atoms with Crippen LogP contribution in [0.4, 0.5) is 0 Å². The van der Waals surface area contributed by atoms with Gasteiger partial charge < -0.3 is 0 Å². The number of rotatable bonds is 0. The van der Waals surface area contributed by atoms with E-state index in [1.165, 1.54) is 6.20 Å². The average Bonchev–Trinajstić information content (AvgIpc) is 1.79. The highest BCUT2D eigenvalue weighted by Gasteiger charge is 1.96. The molecule has 9 heavy (non-hydrogen) atoms. The molecule has 0 aromatic heterocycles. The van der Waals surface area contributed by atoms with Gasteiger partial charge in [0.2, 0.25) is 12.7 Å². The van der Waals surface area contributed by atoms with Gasteiger partial charge in [-0.3, -0.25) is 0 Å². The van der Waals surface area contributed by atoms with E-state index in [9.17, 15) is 4.91 Å². The van der Waals surface area contributed by atoms with Crippen LogP contribution >= 0.6 is 0 Å². The molecule has 2 heteroatoms. The Kier molecular flexibility index (Phi) is 1.96. The Morgan fingerprint density at radius 2 is 1.89 bits per heavy atom. The van der Waals surface area contributed by atoms with Gasteiger partial charge in [0.05, 0.1) is 0 Å². The summed E-state index contributed by atoms with van der Waals surface area (Å²) >= 11 is 0. The molecule has 1 aliphatic heterocycles. The molecule has 0 fully saturated rings. The summed E-state index contributed by atoms with van der Waals surface area (Å²) in [7, 11) is 0. The molecule has 2 nitrogen and oxygen atoms in total. The van der Waals surface area contributed by atoms with E-state index in [1.54, 1.807) is 6.08 Å². The minimum Gasteiger partial charge on any atom is -0.0621 e. The number of nitrogens with zero attached hydrogens (tertiary/aromatic N) is 1. The summed E-state index contributed by atoms with van der Waals surface area (Å²) in [6.45, 7) is 0.445. The summed E-state index contributed by atoms with van der Waals surface area (Å²) in [5.74, 6) is 0. The van der Waals surface area contributed by atoms with E-state index < -0.39 is 0 Å². The van der Waals surface area contributed by atoms with E-state index in [1.807, 2.05) is 24.3 Å². The number of nitroso groups, excluding NO2 is 1. The maximum Gasteiger partial charge on any atom is 0.221 e. The standard InChI is InChI=1S/C7H8NO/c9-8-6-4-2-1-3-5-7-8/h1-6H,7H2/q+1/b2-1-,5-3-,6-4-. The molecule has 0 unspecified atom stereocenters. The molecule has 0 aromatic carbocycles. The second-order valence-electron chi connectivity index (χ2n) is 1.75. The number of hydrogen-bond donors (Lipinski definition) is 0. The first-order valence-electron chi connectivity index (χ1n) is 2.83. The second kappa shape index (κ2) is 2.97. The molecule has 0 aromatic rings. The quantitative estimate of drug-likeness (QED) is 0.445. The van der Waals surface area contributed by atoms with Crippen molar-refractivity contribution in [3.05, 3.63) is 41.5 Å². The fourth-order valence-corrected chi connectivity index (χ4v) is 0.578. The summed E-state index contributed by atoms with van der Waals surface area (Å²) in [6, 6.07) is 0. The molecule has 0 atom stereocenters. The Balaban J connectivity index is 2.70. The molecule has 0 radical (unpaired) electrons. The lowest BCUT2D eigenvalue weighted by atomic mass is 10.4. The zero-order valence-corrected chi connectivity index (χ0v) is 5.03. The number of allylic oxidation sites excluding steroid dienone is 4. The lowest BCUT2D eigenvalue weighted by molar-refractivity contribution is -0.467. The van der Waals surface area contributed by atoms with Gasteiger partial charge in [-0.2, -0.15) is 0 Å². The van der Waals surface area contributed by atoms with Crippen LogP contribution in [-0.4, -0.2) is 11.3 Å². The molecule has 0 bridgehead atoms. The maximum absolute atomic E-state index is 10.6. The SMILES string of the molecule is O=[N+]1\C=C/C=C\C=C/C1. The summed E-state index contributed by atoms with van der Waals surface area (Å²) in [5, 5.41) is 0. The van der Waals surface area contributed by atoms with Crippen LogP contribution in [0.1, 0.15) is 0 Å². The van der Waals surface area contributed by atoms with E-state index in [0.717, 1.165) is 4.76 Å². The third kappa shape index (κ3) is 2.04. The smallest absolute Gasteiger partial charge is 0.0621 e. The fraction of sp³-hybridized carbons (Fsp3) is 0.143. The summed E-state index contributed by atoms with van der Waals surface area (Å²) in [4.78, 5) is 10.6. The average molecular weight is 122 g/mol. The van der Waals surface area contributed by atoms with Crippen molar-refractivity contribution in [3.63, 3.8) is 0 Å². The molecule has 46 valence electrons. The molecule has 0 saturated carbocycles. The third-order valence-corrected chi connectivity index (χ3v) is 1.01. The fourth-order valence-electron chi connectivity index (χ4n) is 0.578. The van der Waals surface area contributed by atoms with Gasteiger partial charge in [-0.15, -0.1) is 0 Å². The van der Waals surface area contributed by atoms with Crippen molar-refractivity contribution in [2.45, 2.75) is 0 Å². The summed E-state index contributed by atoms with van der Waals surface area (Å²) < 4.78 is 0.875. The Bertz CT molecular complexity index is 189. The van der Waals surface area contributed by atoms with Gasteiger partial charge in [-0.05, 0) is 6.08 Å². The Morgan fingerprint density at radius 3 is 2.78 bits per heavy atom. The molecular formula is C7H8NO+. The highest BCUT2D eigenvalue weighted by molar-refractivity contribution is 5.10. The van der Waals surface area contributed by atoms with Crippen molar-refractivity contribution in [2.75, 3.05) is 6.54 Å². The van der Waals surface area contributed by atoms with Crippen LogP contribution in [0, 0.1) is 4.91 Å². The van der Waals surface area contributed by atoms with Crippen LogP contribution in [0.2, 0.25) is 0 Å². The molecule has 1 aliphatic rings. The summed E-state index contributed by atoms with van der Waals surface area (Å²) in [5.41, 5.74) is 0. The third-order valence-electron chi connectivity index (χ3n) is 1.01. The molecule has 1 heterocycles. The first-order chi connectivity index (χ1) is 4.39. The van der Waals surface area contributed by atoms with Crippen LogP contribution < -0.4 is 0 Å². The van der Waals surface area contributed by atoms with Gasteiger partial charge >= 0.3 is 0 Å². The Morgan fingerprint density at radius 1 is 1.11 bits per heavy atom. The van der Waals surface area contributed by atoms with Gasteiger partial charge in [0.25, 0.3) is 0 Å². The predicted octanol–water partition coefficient (Wildman–Crippen LogP) is 1.41. The van der Waals surface area contributed by atoms with Gasteiger partial charge in [-0.25, -0.2) is 0 Å². The highest BCUT2D eigenvalue weighted by Crippen LogP contribution is 1.87. The Hall–Kier alpha value is -1.18. The van der Waals surface area contributed by atoms with Crippen LogP contribution in [-0.2, 0) is 0 Å². The highest BCUT2D eigenvalue weighted by atomic mass is 16.3. The zero-order valence-electron chi connectivity index (χ0n) is 5.03. The van der Waals surface area contributed by atoms with Crippen LogP contribution in [0.5, 0.6) is 0 Å². The van der Waals surface area contributed by atoms with Crippen LogP contribution in [0.25, 0.3) is 0 Å².